The minimum absolute atomic E-state index is 0.255. The van der Waals surface area contributed by atoms with Gasteiger partial charge >= 0.3 is 11.9 Å². The Labute approximate surface area is 170 Å². The lowest BCUT2D eigenvalue weighted by molar-refractivity contribution is -0.156. The lowest BCUT2D eigenvalue weighted by atomic mass is 10.1. The van der Waals surface area contributed by atoms with E-state index < -0.39 is 16.3 Å². The van der Waals surface area contributed by atoms with Gasteiger partial charge in [-0.1, -0.05) is 12.1 Å². The molecule has 152 valence electrons. The molecule has 1 heterocycles. The van der Waals surface area contributed by atoms with Crippen LogP contribution in [0, 0.1) is 6.92 Å². The largest absolute Gasteiger partial charge is 0.461 e. The Bertz CT molecular complexity index is 848. The van der Waals surface area contributed by atoms with Crippen molar-refractivity contribution in [3.05, 3.63) is 35.7 Å². The second-order valence-corrected chi connectivity index (χ2v) is 9.61. The molecule has 6 nitrogen and oxygen atoms in total. The van der Waals surface area contributed by atoms with Crippen molar-refractivity contribution < 1.29 is 19.1 Å². The zero-order valence-corrected chi connectivity index (χ0v) is 18.3. The molecule has 0 saturated heterocycles. The number of nitrogens with one attached hydrogen (secondary N) is 1. The van der Waals surface area contributed by atoms with Crippen molar-refractivity contribution in [2.24, 2.45) is 0 Å². The number of esters is 2. The lowest BCUT2D eigenvalue weighted by Crippen LogP contribution is -2.36. The monoisotopic (exact) mass is 404 g/mol. The first kappa shape index (κ1) is 22.0. The van der Waals surface area contributed by atoms with Gasteiger partial charge in [-0.2, -0.15) is 0 Å². The van der Waals surface area contributed by atoms with Crippen LogP contribution in [0.25, 0.3) is 11.4 Å². The van der Waals surface area contributed by atoms with Gasteiger partial charge in [0.25, 0.3) is 0 Å². The number of carbonyl (C=O) groups is 2. The predicted octanol–water partition coefficient (Wildman–Crippen LogP) is 4.77. The maximum Gasteiger partial charge on any atom is 0.358 e. The van der Waals surface area contributed by atoms with E-state index in [1.54, 1.807) is 13.8 Å². The minimum Gasteiger partial charge on any atom is -0.461 e. The molecule has 0 spiro atoms. The molecule has 2 aromatic rings. The number of benzene rings is 1. The van der Waals surface area contributed by atoms with Crippen molar-refractivity contribution in [2.75, 3.05) is 6.61 Å². The second-order valence-electron chi connectivity index (χ2n) is 7.92. The molecule has 1 aromatic heterocycles. The summed E-state index contributed by atoms with van der Waals surface area (Å²) in [6.07, 6.45) is 0. The fraction of sp³-hybridized carbons (Fsp3) is 0.476. The van der Waals surface area contributed by atoms with E-state index in [0.29, 0.717) is 23.8 Å². The van der Waals surface area contributed by atoms with E-state index in [-0.39, 0.29) is 5.97 Å². The van der Waals surface area contributed by atoms with Crippen LogP contribution in [0.15, 0.2) is 29.2 Å². The van der Waals surface area contributed by atoms with E-state index in [1.807, 2.05) is 58.9 Å². The number of imidazole rings is 1. The quantitative estimate of drug-likeness (QED) is 0.551. The first-order valence-electron chi connectivity index (χ1n) is 9.19. The lowest BCUT2D eigenvalue weighted by Gasteiger charge is -2.28. The SMILES string of the molecule is CCOC(=O)c1nc(-c2ccc(SC(C)(C)C(=O)OC(C)(C)C)cc2)[nH]c1C. The maximum atomic E-state index is 12.4. The molecular formula is C21H28N2O4S. The number of carbonyl (C=O) groups excluding carboxylic acids is 2. The summed E-state index contributed by atoms with van der Waals surface area (Å²) in [4.78, 5) is 32.8. The molecule has 0 aliphatic heterocycles. The Hall–Kier alpha value is -2.28. The Morgan fingerprint density at radius 3 is 2.25 bits per heavy atom. The fourth-order valence-corrected chi connectivity index (χ4v) is 3.40. The number of thioether (sulfide) groups is 1. The molecule has 0 saturated carbocycles. The van der Waals surface area contributed by atoms with Crippen molar-refractivity contribution in [1.29, 1.82) is 0 Å². The highest BCUT2D eigenvalue weighted by Crippen LogP contribution is 2.35. The van der Waals surface area contributed by atoms with Crippen molar-refractivity contribution in [3.8, 4) is 11.4 Å². The van der Waals surface area contributed by atoms with E-state index >= 15 is 0 Å². The summed E-state index contributed by atoms with van der Waals surface area (Å²) >= 11 is 1.44. The molecular weight excluding hydrogens is 376 g/mol. The van der Waals surface area contributed by atoms with Gasteiger partial charge in [-0.3, -0.25) is 4.79 Å². The first-order chi connectivity index (χ1) is 12.9. The van der Waals surface area contributed by atoms with E-state index in [9.17, 15) is 9.59 Å². The number of ether oxygens (including phenoxy) is 2. The maximum absolute atomic E-state index is 12.4. The van der Waals surface area contributed by atoms with Crippen LogP contribution in [-0.4, -0.2) is 38.9 Å². The molecule has 0 radical (unpaired) electrons. The fourth-order valence-electron chi connectivity index (χ4n) is 2.41. The van der Waals surface area contributed by atoms with Crippen LogP contribution in [0.2, 0.25) is 0 Å². The number of hydrogen-bond donors (Lipinski definition) is 1. The zero-order valence-electron chi connectivity index (χ0n) is 17.5. The average Bonchev–Trinajstić information content (AvgIpc) is 2.96. The third-order valence-corrected chi connectivity index (χ3v) is 4.93. The second kappa shape index (κ2) is 8.39. The number of hydrogen-bond acceptors (Lipinski definition) is 6. The molecule has 0 amide bonds. The van der Waals surface area contributed by atoms with Gasteiger partial charge in [-0.25, -0.2) is 9.78 Å². The van der Waals surface area contributed by atoms with Gasteiger partial charge in [0.2, 0.25) is 0 Å². The summed E-state index contributed by atoms with van der Waals surface area (Å²) in [5.74, 6) is -0.0906. The number of aromatic nitrogens is 2. The standard InChI is InChI=1S/C21H28N2O4S/c1-8-26-18(24)16-13(2)22-17(23-16)14-9-11-15(12-10-14)28-21(6,7)19(25)27-20(3,4)5/h9-12H,8H2,1-7H3,(H,22,23). The summed E-state index contributed by atoms with van der Waals surface area (Å²) in [5.41, 5.74) is 1.28. The van der Waals surface area contributed by atoms with Crippen LogP contribution in [0.5, 0.6) is 0 Å². The van der Waals surface area contributed by atoms with Gasteiger partial charge in [0.15, 0.2) is 5.69 Å². The summed E-state index contributed by atoms with van der Waals surface area (Å²) in [5, 5.41) is 0. The Balaban J connectivity index is 2.15. The Kier molecular flexibility index (Phi) is 6.59. The van der Waals surface area contributed by atoms with E-state index in [4.69, 9.17) is 9.47 Å². The van der Waals surface area contributed by atoms with E-state index in [2.05, 4.69) is 9.97 Å². The first-order valence-corrected chi connectivity index (χ1v) is 10.0. The van der Waals surface area contributed by atoms with Gasteiger partial charge in [-0.05, 0) is 60.6 Å². The summed E-state index contributed by atoms with van der Waals surface area (Å²) in [6, 6.07) is 7.66. The number of rotatable bonds is 6. The van der Waals surface area contributed by atoms with Crippen LogP contribution in [-0.2, 0) is 14.3 Å². The van der Waals surface area contributed by atoms with E-state index in [0.717, 1.165) is 10.5 Å². The van der Waals surface area contributed by atoms with Crippen LogP contribution in [0.3, 0.4) is 0 Å². The molecule has 7 heteroatoms. The Morgan fingerprint density at radius 2 is 1.71 bits per heavy atom. The smallest absolute Gasteiger partial charge is 0.358 e. The minimum atomic E-state index is -0.715. The molecule has 0 aliphatic carbocycles. The normalized spacial score (nSPS) is 12.0. The number of nitrogens with zero attached hydrogens (tertiary/aromatic N) is 1. The molecule has 2 rings (SSSR count). The van der Waals surface area contributed by atoms with Gasteiger partial charge in [0.1, 0.15) is 16.2 Å². The van der Waals surface area contributed by atoms with Crippen molar-refractivity contribution in [3.63, 3.8) is 0 Å². The van der Waals surface area contributed by atoms with Gasteiger partial charge < -0.3 is 14.5 Å². The summed E-state index contributed by atoms with van der Waals surface area (Å²) in [7, 11) is 0. The number of aryl methyl sites for hydroxylation is 1. The molecule has 1 N–H and O–H groups in total. The number of aromatic amines is 1. The molecule has 28 heavy (non-hydrogen) atoms. The van der Waals surface area contributed by atoms with Gasteiger partial charge in [0.05, 0.1) is 6.61 Å². The van der Waals surface area contributed by atoms with Crippen LogP contribution in [0.1, 0.15) is 57.7 Å². The summed E-state index contributed by atoms with van der Waals surface area (Å²) in [6.45, 7) is 13.1. The predicted molar refractivity (Wildman–Crippen MR) is 110 cm³/mol. The molecule has 0 unspecified atom stereocenters. The Morgan fingerprint density at radius 1 is 1.11 bits per heavy atom. The highest BCUT2D eigenvalue weighted by atomic mass is 32.2. The molecule has 0 bridgehead atoms. The van der Waals surface area contributed by atoms with Crippen LogP contribution < -0.4 is 0 Å². The number of H-pyrrole nitrogens is 1. The molecule has 0 fully saturated rings. The third-order valence-electron chi connectivity index (χ3n) is 3.74. The third kappa shape index (κ3) is 5.61. The van der Waals surface area contributed by atoms with Gasteiger partial charge in [-0.15, -0.1) is 11.8 Å². The van der Waals surface area contributed by atoms with Crippen molar-refractivity contribution in [2.45, 2.75) is 63.7 Å². The highest BCUT2D eigenvalue weighted by molar-refractivity contribution is 8.01. The highest BCUT2D eigenvalue weighted by Gasteiger charge is 2.33. The van der Waals surface area contributed by atoms with Crippen LogP contribution in [0.4, 0.5) is 0 Å². The zero-order chi connectivity index (χ0) is 21.1. The van der Waals surface area contributed by atoms with Crippen molar-refractivity contribution >= 4 is 23.7 Å². The molecule has 1 aromatic carbocycles. The van der Waals surface area contributed by atoms with Crippen molar-refractivity contribution in [1.82, 2.24) is 9.97 Å². The van der Waals surface area contributed by atoms with Gasteiger partial charge in [0, 0.05) is 16.2 Å². The average molecular weight is 405 g/mol. The topological polar surface area (TPSA) is 81.3 Å². The molecule has 0 atom stereocenters. The molecule has 0 aliphatic rings. The van der Waals surface area contributed by atoms with E-state index in [1.165, 1.54) is 11.8 Å². The summed E-state index contributed by atoms with van der Waals surface area (Å²) < 4.78 is 9.81. The van der Waals surface area contributed by atoms with Crippen LogP contribution >= 0.6 is 11.8 Å².